The lowest BCUT2D eigenvalue weighted by Crippen LogP contribution is -2.49. The Balaban J connectivity index is 1.53. The average Bonchev–Trinajstić information content (AvgIpc) is 2.86. The van der Waals surface area contributed by atoms with E-state index in [1.165, 1.54) is 0 Å². The number of likely N-dealkylation sites (tertiary alicyclic amines) is 1. The maximum Gasteiger partial charge on any atom is 0.262 e. The number of benzene rings is 1. The van der Waals surface area contributed by atoms with Crippen LogP contribution in [0, 0.1) is 5.92 Å². The van der Waals surface area contributed by atoms with Crippen molar-refractivity contribution in [1.82, 2.24) is 15.1 Å². The molecule has 150 valence electrons. The molecular weight excluding hydrogens is 426 g/mol. The molecule has 0 bridgehead atoms. The second-order valence-electron chi connectivity index (χ2n) is 7.71. The third kappa shape index (κ3) is 4.43. The molecule has 8 heteroatoms. The molecule has 3 rings (SSSR count). The van der Waals surface area contributed by atoms with Crippen LogP contribution in [0.4, 0.5) is 0 Å². The molecule has 28 heavy (non-hydrogen) atoms. The van der Waals surface area contributed by atoms with Crippen molar-refractivity contribution in [3.63, 3.8) is 0 Å². The molecule has 0 unspecified atom stereocenters. The summed E-state index contributed by atoms with van der Waals surface area (Å²) >= 11 is 3.29. The Hall–Kier alpha value is -2.22. The highest BCUT2D eigenvalue weighted by molar-refractivity contribution is 9.10. The first-order valence-corrected chi connectivity index (χ1v) is 10.3. The number of carbonyl (C=O) groups is 4. The summed E-state index contributed by atoms with van der Waals surface area (Å²) in [5, 5.41) is 3.01. The number of nitrogens with one attached hydrogen (secondary N) is 1. The molecule has 1 N–H and O–H groups in total. The van der Waals surface area contributed by atoms with E-state index in [1.54, 1.807) is 23.1 Å². The van der Waals surface area contributed by atoms with Gasteiger partial charge in [-0.05, 0) is 37.0 Å². The maximum atomic E-state index is 12.6. The van der Waals surface area contributed by atoms with Crippen LogP contribution in [-0.2, 0) is 9.59 Å². The van der Waals surface area contributed by atoms with E-state index in [0.29, 0.717) is 53.9 Å². The summed E-state index contributed by atoms with van der Waals surface area (Å²) < 4.78 is 0.710. The van der Waals surface area contributed by atoms with Gasteiger partial charge in [0, 0.05) is 30.0 Å². The van der Waals surface area contributed by atoms with Gasteiger partial charge in [0.15, 0.2) is 0 Å². The van der Waals surface area contributed by atoms with Crippen molar-refractivity contribution < 1.29 is 19.2 Å². The van der Waals surface area contributed by atoms with Gasteiger partial charge in [-0.3, -0.25) is 24.1 Å². The smallest absolute Gasteiger partial charge is 0.262 e. The van der Waals surface area contributed by atoms with Crippen molar-refractivity contribution in [2.24, 2.45) is 5.92 Å². The summed E-state index contributed by atoms with van der Waals surface area (Å²) in [5.74, 6) is -0.776. The predicted octanol–water partition coefficient (Wildman–Crippen LogP) is 2.20. The van der Waals surface area contributed by atoms with E-state index in [4.69, 9.17) is 0 Å². The van der Waals surface area contributed by atoms with Crippen LogP contribution in [0.15, 0.2) is 22.7 Å². The number of carbonyl (C=O) groups excluding carboxylic acids is 4. The lowest BCUT2D eigenvalue weighted by atomic mass is 10.0. The van der Waals surface area contributed by atoms with Gasteiger partial charge < -0.3 is 10.2 Å². The summed E-state index contributed by atoms with van der Waals surface area (Å²) in [7, 11) is 0. The molecule has 1 saturated heterocycles. The molecular formula is C20H24BrN3O4. The van der Waals surface area contributed by atoms with Crippen LogP contribution < -0.4 is 5.32 Å². The molecule has 1 aromatic rings. The summed E-state index contributed by atoms with van der Waals surface area (Å²) in [6.45, 7) is 4.74. The van der Waals surface area contributed by atoms with Gasteiger partial charge in [0.2, 0.25) is 11.8 Å². The van der Waals surface area contributed by atoms with Gasteiger partial charge in [-0.25, -0.2) is 0 Å². The van der Waals surface area contributed by atoms with E-state index in [-0.39, 0.29) is 24.4 Å². The number of amides is 4. The monoisotopic (exact) mass is 449 g/mol. The minimum Gasteiger partial charge on any atom is -0.353 e. The molecule has 0 spiro atoms. The van der Waals surface area contributed by atoms with E-state index >= 15 is 0 Å². The van der Waals surface area contributed by atoms with Crippen LogP contribution in [-0.4, -0.2) is 59.1 Å². The van der Waals surface area contributed by atoms with Gasteiger partial charge in [0.05, 0.1) is 11.1 Å². The van der Waals surface area contributed by atoms with E-state index in [2.05, 4.69) is 21.2 Å². The number of imide groups is 1. The molecule has 4 amide bonds. The molecule has 7 nitrogen and oxygen atoms in total. The third-order valence-corrected chi connectivity index (χ3v) is 5.53. The largest absolute Gasteiger partial charge is 0.353 e. The van der Waals surface area contributed by atoms with Crippen LogP contribution >= 0.6 is 15.9 Å². The summed E-state index contributed by atoms with van der Waals surface area (Å²) in [4.78, 5) is 52.2. The number of hydrogen-bond donors (Lipinski definition) is 1. The first-order valence-electron chi connectivity index (χ1n) is 9.49. The molecule has 0 atom stereocenters. The second kappa shape index (κ2) is 8.43. The highest BCUT2D eigenvalue weighted by atomic mass is 79.9. The molecule has 0 aromatic heterocycles. The fourth-order valence-corrected chi connectivity index (χ4v) is 3.93. The van der Waals surface area contributed by atoms with Crippen molar-refractivity contribution in [2.45, 2.75) is 39.2 Å². The Bertz CT molecular complexity index is 816. The van der Waals surface area contributed by atoms with Crippen molar-refractivity contribution in [2.75, 3.05) is 19.6 Å². The molecule has 1 fully saturated rings. The zero-order chi connectivity index (χ0) is 20.4. The molecule has 1 aromatic carbocycles. The summed E-state index contributed by atoms with van der Waals surface area (Å²) in [5.41, 5.74) is 0.645. The summed E-state index contributed by atoms with van der Waals surface area (Å²) in [6, 6.07) is 4.96. The quantitative estimate of drug-likeness (QED) is 0.697. The number of fused-ring (bicyclic) bond motifs is 1. The van der Waals surface area contributed by atoms with Crippen LogP contribution in [0.2, 0.25) is 0 Å². The van der Waals surface area contributed by atoms with E-state index in [1.807, 2.05) is 13.8 Å². The molecule has 0 aliphatic carbocycles. The fourth-order valence-electron chi connectivity index (χ4n) is 3.57. The average molecular weight is 450 g/mol. The highest BCUT2D eigenvalue weighted by Crippen LogP contribution is 2.26. The van der Waals surface area contributed by atoms with E-state index < -0.39 is 11.8 Å². The molecule has 2 aliphatic heterocycles. The highest BCUT2D eigenvalue weighted by Gasteiger charge is 2.37. The van der Waals surface area contributed by atoms with Gasteiger partial charge in [-0.1, -0.05) is 29.8 Å². The Morgan fingerprint density at radius 3 is 2.43 bits per heavy atom. The normalized spacial score (nSPS) is 17.3. The maximum absolute atomic E-state index is 12.6. The fraction of sp³-hybridized carbons (Fsp3) is 0.500. The SMILES string of the molecule is CC(C)CC(=O)NC1CCN(C(=O)CN2C(=O)c3ccc(Br)cc3C2=O)CC1. The number of rotatable bonds is 5. The van der Waals surface area contributed by atoms with Crippen molar-refractivity contribution in [3.05, 3.63) is 33.8 Å². The lowest BCUT2D eigenvalue weighted by molar-refractivity contribution is -0.132. The van der Waals surface area contributed by atoms with Crippen molar-refractivity contribution >= 4 is 39.6 Å². The minimum absolute atomic E-state index is 0.0389. The zero-order valence-corrected chi connectivity index (χ0v) is 17.6. The van der Waals surface area contributed by atoms with Crippen LogP contribution in [0.1, 0.15) is 53.8 Å². The Morgan fingerprint density at radius 1 is 1.14 bits per heavy atom. The first-order chi connectivity index (χ1) is 13.3. The number of halogens is 1. The first kappa shape index (κ1) is 20.5. The number of hydrogen-bond acceptors (Lipinski definition) is 4. The molecule has 2 heterocycles. The number of piperidine rings is 1. The van der Waals surface area contributed by atoms with Crippen molar-refractivity contribution in [3.8, 4) is 0 Å². The van der Waals surface area contributed by atoms with Gasteiger partial charge >= 0.3 is 0 Å². The second-order valence-corrected chi connectivity index (χ2v) is 8.62. The van der Waals surface area contributed by atoms with Gasteiger partial charge in [-0.15, -0.1) is 0 Å². The predicted molar refractivity (Wildman–Crippen MR) is 107 cm³/mol. The van der Waals surface area contributed by atoms with Gasteiger partial charge in [0.25, 0.3) is 11.8 Å². The standard InChI is InChI=1S/C20H24BrN3O4/c1-12(2)9-17(25)22-14-5-7-23(8-6-14)18(26)11-24-19(27)15-4-3-13(21)10-16(15)20(24)28/h3-4,10,12,14H,5-9,11H2,1-2H3,(H,22,25). The topological polar surface area (TPSA) is 86.8 Å². The molecule has 0 radical (unpaired) electrons. The van der Waals surface area contributed by atoms with Crippen LogP contribution in [0.25, 0.3) is 0 Å². The Morgan fingerprint density at radius 2 is 1.79 bits per heavy atom. The zero-order valence-electron chi connectivity index (χ0n) is 16.0. The minimum atomic E-state index is -0.439. The number of nitrogens with zero attached hydrogens (tertiary/aromatic N) is 2. The van der Waals surface area contributed by atoms with Crippen LogP contribution in [0.5, 0.6) is 0 Å². The van der Waals surface area contributed by atoms with Crippen molar-refractivity contribution in [1.29, 1.82) is 0 Å². The summed E-state index contributed by atoms with van der Waals surface area (Å²) in [6.07, 6.45) is 1.84. The van der Waals surface area contributed by atoms with E-state index in [0.717, 1.165) is 4.90 Å². The molecule has 0 saturated carbocycles. The lowest BCUT2D eigenvalue weighted by Gasteiger charge is -2.33. The molecule has 2 aliphatic rings. The van der Waals surface area contributed by atoms with Gasteiger partial charge in [-0.2, -0.15) is 0 Å². The Kier molecular flexibility index (Phi) is 6.17. The van der Waals surface area contributed by atoms with E-state index in [9.17, 15) is 19.2 Å². The third-order valence-electron chi connectivity index (χ3n) is 5.03. The van der Waals surface area contributed by atoms with Crippen LogP contribution in [0.3, 0.4) is 0 Å². The van der Waals surface area contributed by atoms with Gasteiger partial charge in [0.1, 0.15) is 6.54 Å². The Labute approximate surface area is 172 Å².